The fraction of sp³-hybridized carbons (Fsp3) is 0.182. The first kappa shape index (κ1) is 13.2. The highest BCUT2D eigenvalue weighted by Crippen LogP contribution is 2.12. The molecule has 2 N–H and O–H groups in total. The summed E-state index contributed by atoms with van der Waals surface area (Å²) in [6.45, 7) is 4.46. The lowest BCUT2D eigenvalue weighted by Crippen LogP contribution is -2.28. The van der Waals surface area contributed by atoms with Crippen LogP contribution >= 0.6 is 27.5 Å². The Hall–Kier alpha value is -0.840. The highest BCUT2D eigenvalue weighted by Gasteiger charge is 2.01. The molecule has 16 heavy (non-hydrogen) atoms. The predicted octanol–water partition coefficient (Wildman–Crippen LogP) is 2.78. The van der Waals surface area contributed by atoms with E-state index in [1.807, 2.05) is 0 Å². The van der Waals surface area contributed by atoms with Gasteiger partial charge >= 0.3 is 0 Å². The van der Waals surface area contributed by atoms with Gasteiger partial charge in [0.25, 0.3) is 0 Å². The van der Waals surface area contributed by atoms with Crippen LogP contribution in [0.3, 0.4) is 0 Å². The molecule has 0 atom stereocenters. The van der Waals surface area contributed by atoms with Crippen molar-refractivity contribution in [3.63, 3.8) is 0 Å². The van der Waals surface area contributed by atoms with E-state index in [1.54, 1.807) is 24.3 Å². The average Bonchev–Trinajstić information content (AvgIpc) is 2.21. The molecule has 1 rings (SSSR count). The Labute approximate surface area is 108 Å². The number of halogens is 2. The lowest BCUT2D eigenvalue weighted by atomic mass is 10.3. The minimum Gasteiger partial charge on any atom is -0.325 e. The molecule has 86 valence electrons. The maximum atomic E-state index is 11.4. The average molecular weight is 304 g/mol. The van der Waals surface area contributed by atoms with Crippen LogP contribution in [0.2, 0.25) is 5.02 Å². The summed E-state index contributed by atoms with van der Waals surface area (Å²) in [5, 5.41) is 6.31. The Kier molecular flexibility index (Phi) is 5.52. The van der Waals surface area contributed by atoms with Gasteiger partial charge in [0.2, 0.25) is 5.91 Å². The summed E-state index contributed by atoms with van der Waals surface area (Å²) in [6, 6.07) is 6.96. The second-order valence-electron chi connectivity index (χ2n) is 3.18. The standard InChI is InChI=1S/C11H12BrClN2O/c1-8(12)6-14-7-11(16)15-10-4-2-9(13)3-5-10/h2-5,14H,1,6-7H2,(H,15,16). The summed E-state index contributed by atoms with van der Waals surface area (Å²) in [6.07, 6.45) is 0. The van der Waals surface area contributed by atoms with E-state index in [0.717, 1.165) is 10.2 Å². The highest BCUT2D eigenvalue weighted by atomic mass is 79.9. The van der Waals surface area contributed by atoms with Crippen LogP contribution in [0.15, 0.2) is 35.3 Å². The zero-order chi connectivity index (χ0) is 12.0. The lowest BCUT2D eigenvalue weighted by Gasteiger charge is -2.06. The number of carbonyl (C=O) groups excluding carboxylic acids is 1. The molecule has 0 aromatic heterocycles. The van der Waals surface area contributed by atoms with Crippen LogP contribution in [-0.4, -0.2) is 19.0 Å². The zero-order valence-corrected chi connectivity index (χ0v) is 10.9. The topological polar surface area (TPSA) is 41.1 Å². The molecule has 0 saturated heterocycles. The van der Waals surface area contributed by atoms with E-state index in [2.05, 4.69) is 33.1 Å². The third-order valence-electron chi connectivity index (χ3n) is 1.73. The molecule has 0 spiro atoms. The largest absolute Gasteiger partial charge is 0.325 e. The van der Waals surface area contributed by atoms with Crippen LogP contribution < -0.4 is 10.6 Å². The quantitative estimate of drug-likeness (QED) is 0.878. The van der Waals surface area contributed by atoms with Crippen LogP contribution in [0.5, 0.6) is 0 Å². The van der Waals surface area contributed by atoms with Gasteiger partial charge < -0.3 is 10.6 Å². The molecular formula is C11H12BrClN2O. The maximum Gasteiger partial charge on any atom is 0.238 e. The predicted molar refractivity (Wildman–Crippen MR) is 71.0 cm³/mol. The molecular weight excluding hydrogens is 291 g/mol. The summed E-state index contributed by atoms with van der Waals surface area (Å²) in [5.41, 5.74) is 0.730. The molecule has 5 heteroatoms. The van der Waals surface area contributed by atoms with Gasteiger partial charge in [0.15, 0.2) is 0 Å². The molecule has 0 aliphatic heterocycles. The summed E-state index contributed by atoms with van der Waals surface area (Å²) in [7, 11) is 0. The Bertz CT molecular complexity index is 378. The van der Waals surface area contributed by atoms with Gasteiger partial charge in [0, 0.05) is 21.7 Å². The summed E-state index contributed by atoms with van der Waals surface area (Å²) < 4.78 is 0.812. The molecule has 0 aliphatic rings. The van der Waals surface area contributed by atoms with E-state index in [4.69, 9.17) is 11.6 Å². The number of hydrogen-bond acceptors (Lipinski definition) is 2. The molecule has 0 unspecified atom stereocenters. The molecule has 0 saturated carbocycles. The van der Waals surface area contributed by atoms with Gasteiger partial charge in [0.05, 0.1) is 6.54 Å². The molecule has 3 nitrogen and oxygen atoms in total. The zero-order valence-electron chi connectivity index (χ0n) is 8.59. The Morgan fingerprint density at radius 2 is 1.94 bits per heavy atom. The fourth-order valence-corrected chi connectivity index (χ4v) is 1.37. The van der Waals surface area contributed by atoms with Gasteiger partial charge in [-0.1, -0.05) is 34.1 Å². The van der Waals surface area contributed by atoms with Gasteiger partial charge in [0.1, 0.15) is 0 Å². The first-order valence-corrected chi connectivity index (χ1v) is 5.84. The van der Waals surface area contributed by atoms with E-state index in [9.17, 15) is 4.79 Å². The third-order valence-corrected chi connectivity index (χ3v) is 2.26. The first-order chi connectivity index (χ1) is 7.58. The van der Waals surface area contributed by atoms with E-state index in [1.165, 1.54) is 0 Å². The SMILES string of the molecule is C=C(Br)CNCC(=O)Nc1ccc(Cl)cc1. The summed E-state index contributed by atoms with van der Waals surface area (Å²) >= 11 is 8.92. The van der Waals surface area contributed by atoms with Crippen molar-refractivity contribution >= 4 is 39.1 Å². The van der Waals surface area contributed by atoms with E-state index < -0.39 is 0 Å². The van der Waals surface area contributed by atoms with E-state index >= 15 is 0 Å². The number of benzene rings is 1. The monoisotopic (exact) mass is 302 g/mol. The van der Waals surface area contributed by atoms with Gasteiger partial charge in [-0.25, -0.2) is 0 Å². The molecule has 0 aliphatic carbocycles. The third kappa shape index (κ3) is 5.30. The molecule has 0 heterocycles. The molecule has 1 aromatic rings. The number of carbonyl (C=O) groups is 1. The smallest absolute Gasteiger partial charge is 0.238 e. The molecule has 0 fully saturated rings. The van der Waals surface area contributed by atoms with Crippen LogP contribution in [0, 0.1) is 0 Å². The molecule has 0 radical (unpaired) electrons. The molecule has 1 aromatic carbocycles. The van der Waals surface area contributed by atoms with Crippen molar-refractivity contribution in [3.8, 4) is 0 Å². The van der Waals surface area contributed by atoms with Crippen LogP contribution in [0.25, 0.3) is 0 Å². The van der Waals surface area contributed by atoms with Gasteiger partial charge in [-0.2, -0.15) is 0 Å². The second kappa shape index (κ2) is 6.68. The molecule has 0 bridgehead atoms. The summed E-state index contributed by atoms with van der Waals surface area (Å²) in [5.74, 6) is -0.101. The number of hydrogen-bond donors (Lipinski definition) is 2. The van der Waals surface area contributed by atoms with Crippen molar-refractivity contribution in [3.05, 3.63) is 40.3 Å². The van der Waals surface area contributed by atoms with Crippen LogP contribution in [0.1, 0.15) is 0 Å². The highest BCUT2D eigenvalue weighted by molar-refractivity contribution is 9.11. The maximum absolute atomic E-state index is 11.4. The minimum atomic E-state index is -0.101. The number of amides is 1. The van der Waals surface area contributed by atoms with E-state index in [-0.39, 0.29) is 12.5 Å². The van der Waals surface area contributed by atoms with Crippen molar-refractivity contribution < 1.29 is 4.79 Å². The van der Waals surface area contributed by atoms with Crippen molar-refractivity contribution in [1.82, 2.24) is 5.32 Å². The van der Waals surface area contributed by atoms with Crippen LogP contribution in [-0.2, 0) is 4.79 Å². The van der Waals surface area contributed by atoms with Crippen molar-refractivity contribution in [2.45, 2.75) is 0 Å². The van der Waals surface area contributed by atoms with Gasteiger partial charge in [-0.05, 0) is 24.3 Å². The lowest BCUT2D eigenvalue weighted by molar-refractivity contribution is -0.115. The Morgan fingerprint density at radius 3 is 2.50 bits per heavy atom. The second-order valence-corrected chi connectivity index (χ2v) is 4.73. The van der Waals surface area contributed by atoms with Gasteiger partial charge in [-0.3, -0.25) is 4.79 Å². The molecule has 1 amide bonds. The van der Waals surface area contributed by atoms with Crippen molar-refractivity contribution in [1.29, 1.82) is 0 Å². The Morgan fingerprint density at radius 1 is 1.31 bits per heavy atom. The van der Waals surface area contributed by atoms with Crippen molar-refractivity contribution in [2.75, 3.05) is 18.4 Å². The number of rotatable bonds is 5. The number of anilines is 1. The Balaban J connectivity index is 2.34. The number of nitrogens with one attached hydrogen (secondary N) is 2. The minimum absolute atomic E-state index is 0.101. The van der Waals surface area contributed by atoms with Crippen molar-refractivity contribution in [2.24, 2.45) is 0 Å². The normalized spacial score (nSPS) is 9.88. The van der Waals surface area contributed by atoms with E-state index in [0.29, 0.717) is 11.6 Å². The summed E-state index contributed by atoms with van der Waals surface area (Å²) in [4.78, 5) is 11.4. The van der Waals surface area contributed by atoms with Crippen LogP contribution in [0.4, 0.5) is 5.69 Å². The first-order valence-electron chi connectivity index (χ1n) is 4.67. The van der Waals surface area contributed by atoms with Gasteiger partial charge in [-0.15, -0.1) is 0 Å². The fourth-order valence-electron chi connectivity index (χ4n) is 1.05.